The number of rotatable bonds is 2. The number of benzene rings is 1. The molecule has 0 bridgehead atoms. The number of Topliss-reactive ketones (excluding diaryl/α,β-unsaturated/α-hetero) is 1. The zero-order valence-electron chi connectivity index (χ0n) is 14.0. The smallest absolute Gasteiger partial charge is 0.165 e. The third-order valence-electron chi connectivity index (χ3n) is 6.79. The molecule has 1 aromatic carbocycles. The zero-order chi connectivity index (χ0) is 16.2. The summed E-state index contributed by atoms with van der Waals surface area (Å²) in [4.78, 5) is 12.4. The van der Waals surface area contributed by atoms with Gasteiger partial charge in [0, 0.05) is 11.8 Å². The van der Waals surface area contributed by atoms with Crippen LogP contribution in [0.15, 0.2) is 12.1 Å². The van der Waals surface area contributed by atoms with Gasteiger partial charge in [-0.15, -0.1) is 0 Å². The number of hydrogen-bond acceptors (Lipinski definition) is 2. The molecule has 2 nitrogen and oxygen atoms in total. The van der Waals surface area contributed by atoms with Crippen LogP contribution in [0.25, 0.3) is 0 Å². The standard InChI is InChI=1S/C20H25FO2/c1-3-23-18-11-15-12(10-17(18)21)4-5-14-13(15)8-9-20(2)16(14)6-7-19(20)22/h10-11,13-14,16H,3-9H2,1-2H3/t13?,14?,16?,20-/m0/s1. The van der Waals surface area contributed by atoms with Gasteiger partial charge in [-0.2, -0.15) is 0 Å². The molecule has 0 saturated heterocycles. The van der Waals surface area contributed by atoms with Gasteiger partial charge in [0.05, 0.1) is 6.61 Å². The van der Waals surface area contributed by atoms with E-state index in [-0.39, 0.29) is 11.2 Å². The Hall–Kier alpha value is -1.38. The van der Waals surface area contributed by atoms with E-state index in [0.717, 1.165) is 44.1 Å². The minimum Gasteiger partial charge on any atom is -0.491 e. The molecule has 2 saturated carbocycles. The summed E-state index contributed by atoms with van der Waals surface area (Å²) in [5.41, 5.74) is 2.34. The van der Waals surface area contributed by atoms with Crippen LogP contribution in [0.1, 0.15) is 63.0 Å². The number of carbonyl (C=O) groups is 1. The molecule has 1 aromatic rings. The molecule has 3 heteroatoms. The lowest BCUT2D eigenvalue weighted by Crippen LogP contribution is -2.42. The van der Waals surface area contributed by atoms with Crippen LogP contribution in [0.3, 0.4) is 0 Å². The second-order valence-corrected chi connectivity index (χ2v) is 7.75. The molecule has 0 N–H and O–H groups in total. The van der Waals surface area contributed by atoms with Crippen LogP contribution < -0.4 is 4.74 Å². The van der Waals surface area contributed by atoms with Gasteiger partial charge in [-0.1, -0.05) is 6.92 Å². The highest BCUT2D eigenvalue weighted by molar-refractivity contribution is 5.87. The third kappa shape index (κ3) is 2.15. The van der Waals surface area contributed by atoms with Gasteiger partial charge in [0.15, 0.2) is 11.6 Å². The Labute approximate surface area is 137 Å². The number of hydrogen-bond donors (Lipinski definition) is 0. The molecule has 3 unspecified atom stereocenters. The van der Waals surface area contributed by atoms with Gasteiger partial charge in [0.25, 0.3) is 0 Å². The fraction of sp³-hybridized carbons (Fsp3) is 0.650. The number of fused-ring (bicyclic) bond motifs is 5. The SMILES string of the molecule is CCOc1cc2c(cc1F)CCC1C2CC[C@]2(C)C(=O)CCC12. The average molecular weight is 316 g/mol. The average Bonchev–Trinajstić information content (AvgIpc) is 2.84. The summed E-state index contributed by atoms with van der Waals surface area (Å²) in [7, 11) is 0. The minimum absolute atomic E-state index is 0.0958. The van der Waals surface area contributed by atoms with E-state index in [9.17, 15) is 9.18 Å². The first kappa shape index (κ1) is 15.2. The Kier molecular flexibility index (Phi) is 3.51. The summed E-state index contributed by atoms with van der Waals surface area (Å²) in [6.45, 7) is 4.56. The van der Waals surface area contributed by atoms with Gasteiger partial charge < -0.3 is 4.74 Å². The second-order valence-electron chi connectivity index (χ2n) is 7.75. The number of aryl methyl sites for hydroxylation is 1. The molecule has 23 heavy (non-hydrogen) atoms. The Morgan fingerprint density at radius 1 is 1.26 bits per heavy atom. The molecule has 4 atom stereocenters. The van der Waals surface area contributed by atoms with E-state index in [2.05, 4.69) is 6.92 Å². The van der Waals surface area contributed by atoms with Crippen LogP contribution in [0.4, 0.5) is 4.39 Å². The summed E-state index contributed by atoms with van der Waals surface area (Å²) in [6, 6.07) is 3.63. The molecule has 0 heterocycles. The fourth-order valence-corrected chi connectivity index (χ4v) is 5.61. The molecule has 3 aliphatic rings. The summed E-state index contributed by atoms with van der Waals surface area (Å²) in [6.07, 6.45) is 5.86. The van der Waals surface area contributed by atoms with Gasteiger partial charge in [-0.05, 0) is 80.0 Å². The number of halogens is 1. The van der Waals surface area contributed by atoms with Crippen molar-refractivity contribution in [3.8, 4) is 5.75 Å². The highest BCUT2D eigenvalue weighted by Crippen LogP contribution is 2.59. The highest BCUT2D eigenvalue weighted by atomic mass is 19.1. The van der Waals surface area contributed by atoms with E-state index < -0.39 is 0 Å². The summed E-state index contributed by atoms with van der Waals surface area (Å²) in [5, 5.41) is 0. The summed E-state index contributed by atoms with van der Waals surface area (Å²) < 4.78 is 19.6. The van der Waals surface area contributed by atoms with Crippen LogP contribution in [-0.4, -0.2) is 12.4 Å². The Morgan fingerprint density at radius 2 is 2.09 bits per heavy atom. The first-order valence-corrected chi connectivity index (χ1v) is 9.03. The monoisotopic (exact) mass is 316 g/mol. The van der Waals surface area contributed by atoms with Crippen molar-refractivity contribution in [3.05, 3.63) is 29.1 Å². The van der Waals surface area contributed by atoms with Gasteiger partial charge in [-0.3, -0.25) is 4.79 Å². The van der Waals surface area contributed by atoms with Crippen molar-refractivity contribution < 1.29 is 13.9 Å². The second kappa shape index (κ2) is 5.32. The van der Waals surface area contributed by atoms with E-state index in [4.69, 9.17) is 4.74 Å². The van der Waals surface area contributed by atoms with Gasteiger partial charge in [-0.25, -0.2) is 4.39 Å². The van der Waals surface area contributed by atoms with Crippen molar-refractivity contribution in [1.82, 2.24) is 0 Å². The Balaban J connectivity index is 1.71. The first-order valence-electron chi connectivity index (χ1n) is 9.03. The summed E-state index contributed by atoms with van der Waals surface area (Å²) >= 11 is 0. The largest absolute Gasteiger partial charge is 0.491 e. The minimum atomic E-state index is -0.235. The lowest BCUT2D eigenvalue weighted by atomic mass is 9.55. The number of carbonyl (C=O) groups excluding carboxylic acids is 1. The van der Waals surface area contributed by atoms with Gasteiger partial charge >= 0.3 is 0 Å². The van der Waals surface area contributed by atoms with Crippen LogP contribution in [-0.2, 0) is 11.2 Å². The zero-order valence-corrected chi connectivity index (χ0v) is 14.0. The van der Waals surface area contributed by atoms with Crippen molar-refractivity contribution in [2.24, 2.45) is 17.3 Å². The molecule has 0 radical (unpaired) electrons. The van der Waals surface area contributed by atoms with Crippen LogP contribution in [0.2, 0.25) is 0 Å². The number of ether oxygens (including phenoxy) is 1. The van der Waals surface area contributed by atoms with Crippen molar-refractivity contribution in [2.75, 3.05) is 6.61 Å². The maximum atomic E-state index is 14.1. The predicted octanol–water partition coefficient (Wildman–Crippen LogP) is 4.65. The van der Waals surface area contributed by atoms with E-state index >= 15 is 0 Å². The van der Waals surface area contributed by atoms with Crippen molar-refractivity contribution >= 4 is 5.78 Å². The molecule has 3 aliphatic carbocycles. The van der Waals surface area contributed by atoms with E-state index in [1.807, 2.05) is 13.0 Å². The molecular weight excluding hydrogens is 291 g/mol. The third-order valence-corrected chi connectivity index (χ3v) is 6.79. The lowest BCUT2D eigenvalue weighted by molar-refractivity contribution is -0.129. The molecule has 0 aromatic heterocycles. The Morgan fingerprint density at radius 3 is 2.87 bits per heavy atom. The molecule has 2 fully saturated rings. The van der Waals surface area contributed by atoms with Gasteiger partial charge in [0.2, 0.25) is 0 Å². The molecule has 124 valence electrons. The molecule has 0 amide bonds. The maximum absolute atomic E-state index is 14.1. The van der Waals surface area contributed by atoms with E-state index in [0.29, 0.717) is 35.9 Å². The lowest BCUT2D eigenvalue weighted by Gasteiger charge is -2.48. The van der Waals surface area contributed by atoms with Crippen LogP contribution in [0, 0.1) is 23.1 Å². The molecular formula is C20H25FO2. The molecule has 4 rings (SSSR count). The summed E-state index contributed by atoms with van der Waals surface area (Å²) in [5.74, 6) is 2.20. The highest BCUT2D eigenvalue weighted by Gasteiger charge is 2.54. The van der Waals surface area contributed by atoms with Crippen molar-refractivity contribution in [2.45, 2.75) is 58.3 Å². The topological polar surface area (TPSA) is 26.3 Å². The van der Waals surface area contributed by atoms with E-state index in [1.54, 1.807) is 6.07 Å². The molecule has 0 spiro atoms. The predicted molar refractivity (Wildman–Crippen MR) is 87.2 cm³/mol. The van der Waals surface area contributed by atoms with Crippen LogP contribution in [0.5, 0.6) is 5.75 Å². The maximum Gasteiger partial charge on any atom is 0.165 e. The molecule has 0 aliphatic heterocycles. The number of ketones is 1. The van der Waals surface area contributed by atoms with Gasteiger partial charge in [0.1, 0.15) is 5.78 Å². The Bertz CT molecular complexity index is 653. The van der Waals surface area contributed by atoms with Crippen LogP contribution >= 0.6 is 0 Å². The first-order chi connectivity index (χ1) is 11.0. The normalized spacial score (nSPS) is 35.4. The van der Waals surface area contributed by atoms with E-state index in [1.165, 1.54) is 5.56 Å². The fourth-order valence-electron chi connectivity index (χ4n) is 5.61. The quantitative estimate of drug-likeness (QED) is 0.794. The van der Waals surface area contributed by atoms with Crippen molar-refractivity contribution in [3.63, 3.8) is 0 Å². The van der Waals surface area contributed by atoms with Crippen molar-refractivity contribution in [1.29, 1.82) is 0 Å².